The second kappa shape index (κ2) is 11.2. The van der Waals surface area contributed by atoms with E-state index >= 15 is 0 Å². The molecule has 12 rings (SSSR count). The van der Waals surface area contributed by atoms with Gasteiger partial charge in [0.1, 0.15) is 0 Å². The highest BCUT2D eigenvalue weighted by atomic mass is 14.7. The van der Waals surface area contributed by atoms with Gasteiger partial charge in [0.05, 0.1) is 0 Å². The third kappa shape index (κ3) is 6.72. The number of rotatable bonds is 0. The van der Waals surface area contributed by atoms with Crippen LogP contribution >= 0.6 is 0 Å². The van der Waals surface area contributed by atoms with Crippen molar-refractivity contribution < 1.29 is 0 Å². The van der Waals surface area contributed by atoms with Gasteiger partial charge in [-0.05, 0) is 171 Å². The first kappa shape index (κ1) is 28.8. The minimum atomic E-state index is 0.716. The van der Waals surface area contributed by atoms with Crippen LogP contribution < -0.4 is 0 Å². The molecule has 0 N–H and O–H groups in total. The zero-order chi connectivity index (χ0) is 27.8. The summed E-state index contributed by atoms with van der Waals surface area (Å²) in [5.41, 5.74) is 0.716. The third-order valence-corrected chi connectivity index (χ3v) is 15.5. The highest BCUT2D eigenvalue weighted by Crippen LogP contribution is 2.67. The first-order chi connectivity index (χ1) is 19.2. The van der Waals surface area contributed by atoms with Crippen molar-refractivity contribution in [2.24, 2.45) is 100 Å². The lowest BCUT2D eigenvalue weighted by atomic mass is 9.88. The van der Waals surface area contributed by atoms with Gasteiger partial charge in [0.2, 0.25) is 0 Å². The lowest BCUT2D eigenvalue weighted by molar-refractivity contribution is 0.338. The van der Waals surface area contributed by atoms with Crippen molar-refractivity contribution in [1.82, 2.24) is 0 Å². The maximum Gasteiger partial charge on any atom is -0.0349 e. The molecule has 0 nitrogen and oxygen atoms in total. The summed E-state index contributed by atoms with van der Waals surface area (Å²) in [6, 6.07) is 0. The summed E-state index contributed by atoms with van der Waals surface area (Å²) >= 11 is 0. The fraction of sp³-hybridized carbons (Fsp3) is 1.00. The molecule has 0 aromatic rings. The van der Waals surface area contributed by atoms with Gasteiger partial charge in [-0.15, -0.1) is 0 Å². The molecule has 0 aliphatic heterocycles. The van der Waals surface area contributed by atoms with Crippen LogP contribution in [0.4, 0.5) is 0 Å². The predicted octanol–water partition coefficient (Wildman–Crippen LogP) is 11.7. The van der Waals surface area contributed by atoms with Crippen LogP contribution in [0.2, 0.25) is 0 Å². The van der Waals surface area contributed by atoms with E-state index in [-0.39, 0.29) is 0 Å². The third-order valence-electron chi connectivity index (χ3n) is 15.5. The molecule has 0 spiro atoms. The first-order valence-corrected chi connectivity index (χ1v) is 19.2. The van der Waals surface area contributed by atoms with Crippen LogP contribution in [-0.4, -0.2) is 0 Å². The Hall–Kier alpha value is 0. The van der Waals surface area contributed by atoms with Gasteiger partial charge in [0.15, 0.2) is 0 Å². The molecule has 12 unspecified atom stereocenters. The smallest absolute Gasteiger partial charge is 0.0349 e. The summed E-state index contributed by atoms with van der Waals surface area (Å²) in [6.45, 7) is 14.3. The second-order valence-corrected chi connectivity index (χ2v) is 18.8. The Kier molecular flexibility index (Phi) is 8.03. The van der Waals surface area contributed by atoms with Gasteiger partial charge in [0, 0.05) is 0 Å². The van der Waals surface area contributed by atoms with E-state index in [0.717, 1.165) is 35.5 Å². The number of fused-ring (bicyclic) bond motifs is 6. The van der Waals surface area contributed by atoms with Crippen molar-refractivity contribution in [1.29, 1.82) is 0 Å². The molecular weight excluding hydrogens is 480 g/mol. The van der Waals surface area contributed by atoms with Gasteiger partial charge < -0.3 is 0 Å². The van der Waals surface area contributed by atoms with E-state index in [1.165, 1.54) is 97.7 Å². The summed E-state index contributed by atoms with van der Waals surface area (Å²) in [5.74, 6) is 18.8. The molecule has 0 aromatic carbocycles. The second-order valence-electron chi connectivity index (χ2n) is 18.8. The van der Waals surface area contributed by atoms with Crippen LogP contribution in [-0.2, 0) is 0 Å². The van der Waals surface area contributed by atoms with E-state index in [2.05, 4.69) is 41.5 Å². The molecule has 12 aliphatic carbocycles. The summed E-state index contributed by atoms with van der Waals surface area (Å²) in [4.78, 5) is 0. The van der Waals surface area contributed by atoms with E-state index in [0.29, 0.717) is 5.41 Å². The minimum Gasteiger partial charge on any atom is -0.0620 e. The van der Waals surface area contributed by atoms with E-state index < -0.39 is 0 Å². The molecule has 12 fully saturated rings. The van der Waals surface area contributed by atoms with Crippen LogP contribution in [0.5, 0.6) is 0 Å². The lowest BCUT2D eigenvalue weighted by Gasteiger charge is -2.17. The Morgan fingerprint density at radius 2 is 0.700 bits per heavy atom. The molecule has 12 saturated carbocycles. The van der Waals surface area contributed by atoms with Crippen molar-refractivity contribution in [3.63, 3.8) is 0 Å². The van der Waals surface area contributed by atoms with Crippen LogP contribution in [0.1, 0.15) is 151 Å². The van der Waals surface area contributed by atoms with Gasteiger partial charge >= 0.3 is 0 Å². The molecular formula is C40H68. The molecule has 40 heavy (non-hydrogen) atoms. The molecule has 0 heterocycles. The standard InChI is InChI=1S/2C8H14.C7H12.2C6H10.C5H8/c1-8(2)4-6-3-7(6)5-8;1-6-7-4-2-3-5-8(6)7;1-5-6-3-2-4-7(5)6;1-4-5-2-3-6(4)5;1-2-5-4-6(5)3-1;1-3-4-2-5(3)4/h6-7H,3-5H2,1-2H3;6-8H,2-5H2,1H3;5-7H,2-4H2,1H3;4-6H,2-3H2,1H3;5-6H,1-4H2;3-5H,2H2,1H3. The van der Waals surface area contributed by atoms with Gasteiger partial charge in [0.25, 0.3) is 0 Å². The lowest BCUT2D eigenvalue weighted by Crippen LogP contribution is -2.06. The molecule has 0 heteroatoms. The molecule has 0 amide bonds. The predicted molar refractivity (Wildman–Crippen MR) is 171 cm³/mol. The average molecular weight is 549 g/mol. The Balaban J connectivity index is 0.0000000798. The summed E-state index contributed by atoms with van der Waals surface area (Å²) in [7, 11) is 0. The molecule has 12 aliphatic rings. The van der Waals surface area contributed by atoms with Crippen molar-refractivity contribution in [2.75, 3.05) is 0 Å². The Morgan fingerprint density at radius 1 is 0.350 bits per heavy atom. The quantitative estimate of drug-likeness (QED) is 0.282. The van der Waals surface area contributed by atoms with E-state index in [4.69, 9.17) is 0 Å². The van der Waals surface area contributed by atoms with E-state index in [1.54, 1.807) is 70.6 Å². The van der Waals surface area contributed by atoms with Crippen molar-refractivity contribution in [3.8, 4) is 0 Å². The van der Waals surface area contributed by atoms with E-state index in [1.807, 2.05) is 0 Å². The van der Waals surface area contributed by atoms with Gasteiger partial charge in [-0.3, -0.25) is 0 Å². The minimum absolute atomic E-state index is 0.716. The zero-order valence-electron chi connectivity index (χ0n) is 27.8. The molecule has 228 valence electrons. The zero-order valence-corrected chi connectivity index (χ0v) is 27.8. The first-order valence-electron chi connectivity index (χ1n) is 19.2. The van der Waals surface area contributed by atoms with E-state index in [9.17, 15) is 0 Å². The fourth-order valence-corrected chi connectivity index (χ4v) is 11.3. The summed E-state index contributed by atoms with van der Waals surface area (Å²) < 4.78 is 0. The van der Waals surface area contributed by atoms with Crippen LogP contribution in [0.3, 0.4) is 0 Å². The van der Waals surface area contributed by atoms with Gasteiger partial charge in [-0.25, -0.2) is 0 Å². The fourth-order valence-electron chi connectivity index (χ4n) is 11.3. The highest BCUT2D eigenvalue weighted by Gasteiger charge is 2.61. The molecule has 0 aromatic heterocycles. The highest BCUT2D eigenvalue weighted by molar-refractivity contribution is 5.09. The average Bonchev–Trinajstić information content (AvgIpc) is 3.60. The molecule has 0 radical (unpaired) electrons. The van der Waals surface area contributed by atoms with Crippen LogP contribution in [0.15, 0.2) is 0 Å². The Labute approximate surface area is 250 Å². The molecule has 0 saturated heterocycles. The largest absolute Gasteiger partial charge is 0.0620 e. The molecule has 12 atom stereocenters. The summed E-state index contributed by atoms with van der Waals surface area (Å²) in [6.07, 6.45) is 26.2. The van der Waals surface area contributed by atoms with Crippen molar-refractivity contribution in [2.45, 2.75) is 151 Å². The Morgan fingerprint density at radius 3 is 0.900 bits per heavy atom. The van der Waals surface area contributed by atoms with Gasteiger partial charge in [-0.1, -0.05) is 80.1 Å². The van der Waals surface area contributed by atoms with Crippen LogP contribution in [0, 0.1) is 100 Å². The monoisotopic (exact) mass is 549 g/mol. The van der Waals surface area contributed by atoms with Crippen molar-refractivity contribution in [3.05, 3.63) is 0 Å². The maximum absolute atomic E-state index is 2.42. The van der Waals surface area contributed by atoms with Gasteiger partial charge in [-0.2, -0.15) is 0 Å². The Bertz CT molecular complexity index is 790. The number of hydrogen-bond donors (Lipinski definition) is 0. The molecule has 0 bridgehead atoms. The number of hydrogen-bond acceptors (Lipinski definition) is 0. The maximum atomic E-state index is 2.42. The normalized spacial score (nSPS) is 56.2. The van der Waals surface area contributed by atoms with Crippen LogP contribution in [0.25, 0.3) is 0 Å². The van der Waals surface area contributed by atoms with Crippen molar-refractivity contribution >= 4 is 0 Å². The SMILES string of the molecule is C1CC2CC2C1.CC1(C)CC2CC2C1.CC1C2CC12.CC1C2CCC12.CC1C2CCCC12.CC1C2CCCCC12. The topological polar surface area (TPSA) is 0 Å². The summed E-state index contributed by atoms with van der Waals surface area (Å²) in [5, 5.41) is 0.